The summed E-state index contributed by atoms with van der Waals surface area (Å²) in [5, 5.41) is 0. The predicted octanol–water partition coefficient (Wildman–Crippen LogP) is 1.34. The zero-order chi connectivity index (χ0) is 9.56. The summed E-state index contributed by atoms with van der Waals surface area (Å²) in [6.45, 7) is 5.77. The second-order valence-electron chi connectivity index (χ2n) is 3.25. The average molecular weight is 167 g/mol. The van der Waals surface area contributed by atoms with Gasteiger partial charge in [-0.3, -0.25) is 4.79 Å². The zero-order valence-corrected chi connectivity index (χ0v) is 8.05. The fourth-order valence-corrected chi connectivity index (χ4v) is 0.758. The summed E-state index contributed by atoms with van der Waals surface area (Å²) >= 11 is 0. The van der Waals surface area contributed by atoms with E-state index in [-0.39, 0.29) is 11.8 Å². The van der Waals surface area contributed by atoms with Crippen LogP contribution in [0.5, 0.6) is 0 Å². The number of Topliss-reactive ketones (excluding diaryl/α,β-unsaturated/α-hetero) is 1. The fourth-order valence-electron chi connectivity index (χ4n) is 0.758. The molecule has 0 rings (SSSR count). The van der Waals surface area contributed by atoms with Gasteiger partial charge in [-0.05, 0) is 12.8 Å². The van der Waals surface area contributed by atoms with Gasteiger partial charge in [-0.15, -0.1) is 5.92 Å². The normalized spacial score (nSPS) is 12.1. The SMILES string of the molecule is CC#CCC(=O)CC(N)C(C)C. The van der Waals surface area contributed by atoms with Crippen molar-refractivity contribution < 1.29 is 4.79 Å². The number of ketones is 1. The molecule has 0 aliphatic heterocycles. The Morgan fingerprint density at radius 3 is 2.50 bits per heavy atom. The van der Waals surface area contributed by atoms with Gasteiger partial charge < -0.3 is 5.73 Å². The van der Waals surface area contributed by atoms with E-state index in [1.807, 2.05) is 13.8 Å². The number of carbonyl (C=O) groups is 1. The van der Waals surface area contributed by atoms with Crippen molar-refractivity contribution in [1.82, 2.24) is 0 Å². The van der Waals surface area contributed by atoms with Crippen molar-refractivity contribution in [3.63, 3.8) is 0 Å². The Kier molecular flexibility index (Phi) is 5.40. The van der Waals surface area contributed by atoms with Crippen LogP contribution >= 0.6 is 0 Å². The van der Waals surface area contributed by atoms with Crippen LogP contribution in [0.3, 0.4) is 0 Å². The molecule has 0 saturated heterocycles. The summed E-state index contributed by atoms with van der Waals surface area (Å²) in [6, 6.07) is -0.0174. The van der Waals surface area contributed by atoms with Crippen LogP contribution in [0.4, 0.5) is 0 Å². The van der Waals surface area contributed by atoms with Crippen molar-refractivity contribution in [3.8, 4) is 11.8 Å². The van der Waals surface area contributed by atoms with Gasteiger partial charge in [-0.2, -0.15) is 0 Å². The molecule has 0 aliphatic carbocycles. The van der Waals surface area contributed by atoms with Gasteiger partial charge >= 0.3 is 0 Å². The second-order valence-corrected chi connectivity index (χ2v) is 3.25. The van der Waals surface area contributed by atoms with Crippen LogP contribution in [0.15, 0.2) is 0 Å². The van der Waals surface area contributed by atoms with Crippen LogP contribution in [0.1, 0.15) is 33.6 Å². The van der Waals surface area contributed by atoms with Crippen LogP contribution in [0.25, 0.3) is 0 Å². The predicted molar refractivity (Wildman–Crippen MR) is 50.5 cm³/mol. The lowest BCUT2D eigenvalue weighted by Gasteiger charge is -2.13. The number of rotatable bonds is 4. The van der Waals surface area contributed by atoms with Gasteiger partial charge in [0.25, 0.3) is 0 Å². The highest BCUT2D eigenvalue weighted by molar-refractivity contribution is 5.81. The van der Waals surface area contributed by atoms with Gasteiger partial charge in [0.15, 0.2) is 0 Å². The highest BCUT2D eigenvalue weighted by atomic mass is 16.1. The first-order chi connectivity index (χ1) is 5.57. The Balaban J connectivity index is 3.74. The Morgan fingerprint density at radius 2 is 2.08 bits per heavy atom. The third-order valence-corrected chi connectivity index (χ3v) is 1.78. The topological polar surface area (TPSA) is 43.1 Å². The second kappa shape index (κ2) is 5.79. The van der Waals surface area contributed by atoms with Crippen LogP contribution in [0.2, 0.25) is 0 Å². The van der Waals surface area contributed by atoms with Crippen LogP contribution < -0.4 is 5.73 Å². The van der Waals surface area contributed by atoms with Crippen molar-refractivity contribution >= 4 is 5.78 Å². The van der Waals surface area contributed by atoms with Gasteiger partial charge in [-0.1, -0.05) is 19.8 Å². The molecule has 0 fully saturated rings. The minimum atomic E-state index is -0.0174. The molecule has 0 aliphatic rings. The fraction of sp³-hybridized carbons (Fsp3) is 0.700. The summed E-state index contributed by atoms with van der Waals surface area (Å²) < 4.78 is 0. The monoisotopic (exact) mass is 167 g/mol. The van der Waals surface area contributed by atoms with Crippen molar-refractivity contribution in [3.05, 3.63) is 0 Å². The molecule has 0 aromatic rings. The maximum absolute atomic E-state index is 11.1. The van der Waals surface area contributed by atoms with E-state index in [2.05, 4.69) is 11.8 Å². The van der Waals surface area contributed by atoms with Gasteiger partial charge in [0.1, 0.15) is 5.78 Å². The molecule has 0 aromatic heterocycles. The molecule has 2 heteroatoms. The number of nitrogens with two attached hydrogens (primary N) is 1. The average Bonchev–Trinajstić information content (AvgIpc) is 2.00. The molecule has 0 radical (unpaired) electrons. The minimum absolute atomic E-state index is 0.0174. The largest absolute Gasteiger partial charge is 0.327 e. The van der Waals surface area contributed by atoms with Crippen LogP contribution in [-0.2, 0) is 4.79 Å². The van der Waals surface area contributed by atoms with Crippen LogP contribution in [-0.4, -0.2) is 11.8 Å². The van der Waals surface area contributed by atoms with E-state index in [0.29, 0.717) is 18.8 Å². The minimum Gasteiger partial charge on any atom is -0.327 e. The van der Waals surface area contributed by atoms with E-state index in [9.17, 15) is 4.79 Å². The molecular weight excluding hydrogens is 150 g/mol. The third-order valence-electron chi connectivity index (χ3n) is 1.78. The molecule has 2 nitrogen and oxygen atoms in total. The van der Waals surface area contributed by atoms with E-state index in [0.717, 1.165) is 0 Å². The summed E-state index contributed by atoms with van der Waals surface area (Å²) in [7, 11) is 0. The van der Waals surface area contributed by atoms with E-state index >= 15 is 0 Å². The summed E-state index contributed by atoms with van der Waals surface area (Å²) in [5.74, 6) is 5.94. The Hall–Kier alpha value is -0.810. The molecule has 1 unspecified atom stereocenters. The third kappa shape index (κ3) is 4.92. The summed E-state index contributed by atoms with van der Waals surface area (Å²) in [5.41, 5.74) is 5.72. The molecule has 68 valence electrons. The molecule has 0 saturated carbocycles. The van der Waals surface area contributed by atoms with Crippen molar-refractivity contribution in [1.29, 1.82) is 0 Å². The zero-order valence-electron chi connectivity index (χ0n) is 8.05. The Bertz CT molecular complexity index is 198. The van der Waals surface area contributed by atoms with Crippen molar-refractivity contribution in [2.75, 3.05) is 0 Å². The first kappa shape index (κ1) is 11.2. The van der Waals surface area contributed by atoms with E-state index < -0.39 is 0 Å². The van der Waals surface area contributed by atoms with Crippen LogP contribution in [0, 0.1) is 17.8 Å². The molecule has 12 heavy (non-hydrogen) atoms. The Labute approximate surface area is 74.5 Å². The lowest BCUT2D eigenvalue weighted by atomic mass is 9.99. The number of hydrogen-bond donors (Lipinski definition) is 1. The highest BCUT2D eigenvalue weighted by Gasteiger charge is 2.11. The molecule has 0 spiro atoms. The van der Waals surface area contributed by atoms with Gasteiger partial charge in [-0.25, -0.2) is 0 Å². The highest BCUT2D eigenvalue weighted by Crippen LogP contribution is 2.04. The first-order valence-corrected chi connectivity index (χ1v) is 4.24. The molecule has 0 aromatic carbocycles. The standard InChI is InChI=1S/C10H17NO/c1-4-5-6-9(12)7-10(11)8(2)3/h8,10H,6-7,11H2,1-3H3. The quantitative estimate of drug-likeness (QED) is 0.642. The summed E-state index contributed by atoms with van der Waals surface area (Å²) in [4.78, 5) is 11.1. The molecule has 2 N–H and O–H groups in total. The molecule has 0 heterocycles. The van der Waals surface area contributed by atoms with E-state index in [1.165, 1.54) is 0 Å². The maximum Gasteiger partial charge on any atom is 0.146 e. The molecule has 1 atom stereocenters. The van der Waals surface area contributed by atoms with Gasteiger partial charge in [0.2, 0.25) is 0 Å². The Morgan fingerprint density at radius 1 is 1.50 bits per heavy atom. The number of hydrogen-bond acceptors (Lipinski definition) is 2. The molecule has 0 amide bonds. The van der Waals surface area contributed by atoms with Crippen molar-refractivity contribution in [2.45, 2.75) is 39.7 Å². The van der Waals surface area contributed by atoms with Gasteiger partial charge in [0, 0.05) is 12.5 Å². The summed E-state index contributed by atoms with van der Waals surface area (Å²) in [6.07, 6.45) is 0.795. The van der Waals surface area contributed by atoms with Gasteiger partial charge in [0.05, 0.1) is 6.42 Å². The number of carbonyl (C=O) groups excluding carboxylic acids is 1. The first-order valence-electron chi connectivity index (χ1n) is 4.24. The molecule has 0 bridgehead atoms. The van der Waals surface area contributed by atoms with Crippen molar-refractivity contribution in [2.24, 2.45) is 11.7 Å². The lowest BCUT2D eigenvalue weighted by Crippen LogP contribution is -2.29. The van der Waals surface area contributed by atoms with E-state index in [1.54, 1.807) is 6.92 Å². The maximum atomic E-state index is 11.1. The lowest BCUT2D eigenvalue weighted by molar-refractivity contribution is -0.118. The van der Waals surface area contributed by atoms with E-state index in [4.69, 9.17) is 5.73 Å². The molecular formula is C10H17NO. The smallest absolute Gasteiger partial charge is 0.146 e.